The summed E-state index contributed by atoms with van der Waals surface area (Å²) < 4.78 is 59.2. The van der Waals surface area contributed by atoms with Crippen molar-refractivity contribution in [1.29, 1.82) is 0 Å². The lowest BCUT2D eigenvalue weighted by Gasteiger charge is -2.24. The molecule has 1 aliphatic rings. The van der Waals surface area contributed by atoms with Crippen molar-refractivity contribution in [1.82, 2.24) is 20.1 Å². The quantitative estimate of drug-likeness (QED) is 0.552. The number of alkyl halides is 3. The van der Waals surface area contributed by atoms with Crippen molar-refractivity contribution in [2.24, 2.45) is 7.05 Å². The summed E-state index contributed by atoms with van der Waals surface area (Å²) in [5.74, 6) is -1.24. The number of carbonyl (C=O) groups is 1. The molecule has 3 aromatic rings. The summed E-state index contributed by atoms with van der Waals surface area (Å²) in [6, 6.07) is 4.82. The number of pyridine rings is 1. The van der Waals surface area contributed by atoms with Gasteiger partial charge in [-0.2, -0.15) is 18.3 Å². The highest BCUT2D eigenvalue weighted by Gasteiger charge is 2.30. The minimum atomic E-state index is -4.53. The number of hydrogen-bond acceptors (Lipinski definition) is 4. The van der Waals surface area contributed by atoms with Crippen LogP contribution in [0.25, 0.3) is 0 Å². The van der Waals surface area contributed by atoms with Gasteiger partial charge in [0.2, 0.25) is 5.88 Å². The van der Waals surface area contributed by atoms with Gasteiger partial charge in [0.25, 0.3) is 0 Å². The maximum Gasteiger partial charge on any atom is 0.417 e. The van der Waals surface area contributed by atoms with Crippen LogP contribution in [0, 0.1) is 5.82 Å². The Bertz CT molecular complexity index is 1130. The molecule has 0 bridgehead atoms. The van der Waals surface area contributed by atoms with Gasteiger partial charge in [0.15, 0.2) is 11.6 Å². The van der Waals surface area contributed by atoms with Crippen LogP contribution < -0.4 is 15.4 Å². The maximum absolute atomic E-state index is 14.4. The molecule has 2 aromatic heterocycles. The van der Waals surface area contributed by atoms with Gasteiger partial charge in [-0.05, 0) is 37.5 Å². The molecule has 2 N–H and O–H groups in total. The molecule has 0 fully saturated rings. The molecule has 1 aliphatic carbocycles. The van der Waals surface area contributed by atoms with Crippen molar-refractivity contribution >= 4 is 11.7 Å². The summed E-state index contributed by atoms with van der Waals surface area (Å²) in [4.78, 5) is 15.9. The first-order chi connectivity index (χ1) is 15.2. The molecule has 1 aromatic carbocycles. The van der Waals surface area contributed by atoms with E-state index in [1.807, 2.05) is 7.05 Å². The van der Waals surface area contributed by atoms with Gasteiger partial charge in [0, 0.05) is 42.3 Å². The Labute approximate surface area is 180 Å². The Hall–Kier alpha value is -3.63. The van der Waals surface area contributed by atoms with Crippen LogP contribution in [0.4, 0.5) is 28.0 Å². The van der Waals surface area contributed by atoms with E-state index in [0.717, 1.165) is 48.7 Å². The van der Waals surface area contributed by atoms with Crippen LogP contribution in [0.5, 0.6) is 11.6 Å². The van der Waals surface area contributed by atoms with Gasteiger partial charge in [-0.3, -0.25) is 4.68 Å². The van der Waals surface area contributed by atoms with E-state index in [1.165, 1.54) is 12.1 Å². The van der Waals surface area contributed by atoms with E-state index in [2.05, 4.69) is 20.7 Å². The van der Waals surface area contributed by atoms with Crippen LogP contribution in [0.2, 0.25) is 0 Å². The van der Waals surface area contributed by atoms with E-state index in [0.29, 0.717) is 6.20 Å². The largest absolute Gasteiger partial charge is 0.436 e. The third kappa shape index (κ3) is 4.66. The number of halogens is 4. The number of amides is 2. The smallest absolute Gasteiger partial charge is 0.417 e. The SMILES string of the molecule is Cn1ncc2c1CCCC2NC(=O)Nc1ccc(Oc2ccc(C(F)(F)F)cn2)c(F)c1. The zero-order valence-electron chi connectivity index (χ0n) is 16.9. The Morgan fingerprint density at radius 1 is 1.22 bits per heavy atom. The van der Waals surface area contributed by atoms with Crippen molar-refractivity contribution in [3.8, 4) is 11.6 Å². The van der Waals surface area contributed by atoms with E-state index in [9.17, 15) is 22.4 Å². The second kappa shape index (κ2) is 8.48. The maximum atomic E-state index is 14.4. The van der Waals surface area contributed by atoms with Crippen LogP contribution in [0.15, 0.2) is 42.7 Å². The fourth-order valence-corrected chi connectivity index (χ4v) is 3.56. The van der Waals surface area contributed by atoms with Gasteiger partial charge >= 0.3 is 12.2 Å². The first-order valence-electron chi connectivity index (χ1n) is 9.79. The van der Waals surface area contributed by atoms with Crippen LogP contribution in [0.1, 0.15) is 35.7 Å². The lowest BCUT2D eigenvalue weighted by Crippen LogP contribution is -2.34. The number of urea groups is 1. The number of aryl methyl sites for hydroxylation is 1. The van der Waals surface area contributed by atoms with Crippen LogP contribution in [-0.2, 0) is 19.6 Å². The molecule has 2 heterocycles. The molecule has 0 aliphatic heterocycles. The molecular weight excluding hydrogens is 430 g/mol. The van der Waals surface area contributed by atoms with Crippen molar-refractivity contribution < 1.29 is 27.1 Å². The standard InChI is InChI=1S/C21H19F4N5O2/c1-30-17-4-2-3-16(14(17)11-27-30)29-20(31)28-13-6-7-18(15(22)9-13)32-19-8-5-12(10-26-19)21(23,24)25/h5-11,16H,2-4H2,1H3,(H2,28,29,31). The minimum absolute atomic E-state index is 0.189. The average Bonchev–Trinajstić information content (AvgIpc) is 3.12. The fourth-order valence-electron chi connectivity index (χ4n) is 3.56. The molecule has 4 rings (SSSR count). The van der Waals surface area contributed by atoms with Gasteiger partial charge in [0.05, 0.1) is 17.8 Å². The monoisotopic (exact) mass is 449 g/mol. The molecule has 0 spiro atoms. The third-order valence-corrected chi connectivity index (χ3v) is 5.15. The number of anilines is 1. The number of ether oxygens (including phenoxy) is 1. The molecule has 32 heavy (non-hydrogen) atoms. The first kappa shape index (κ1) is 21.6. The van der Waals surface area contributed by atoms with Gasteiger partial charge in [-0.25, -0.2) is 14.2 Å². The predicted octanol–water partition coefficient (Wildman–Crippen LogP) is 4.96. The lowest BCUT2D eigenvalue weighted by atomic mass is 9.93. The normalized spacial score (nSPS) is 15.7. The third-order valence-electron chi connectivity index (χ3n) is 5.15. The second-order valence-corrected chi connectivity index (χ2v) is 7.34. The zero-order valence-corrected chi connectivity index (χ0v) is 16.9. The summed E-state index contributed by atoms with van der Waals surface area (Å²) >= 11 is 0. The highest BCUT2D eigenvalue weighted by atomic mass is 19.4. The van der Waals surface area contributed by atoms with Gasteiger partial charge in [-0.1, -0.05) is 0 Å². The molecule has 0 saturated carbocycles. The average molecular weight is 449 g/mol. The number of nitrogens with zero attached hydrogens (tertiary/aromatic N) is 3. The fraction of sp³-hybridized carbons (Fsp3) is 0.286. The molecule has 0 radical (unpaired) electrons. The summed E-state index contributed by atoms with van der Waals surface area (Å²) in [7, 11) is 1.86. The number of rotatable bonds is 4. The topological polar surface area (TPSA) is 81.1 Å². The van der Waals surface area contributed by atoms with Crippen LogP contribution in [-0.4, -0.2) is 20.8 Å². The lowest BCUT2D eigenvalue weighted by molar-refractivity contribution is -0.137. The number of fused-ring (bicyclic) bond motifs is 1. The van der Waals surface area contributed by atoms with Crippen molar-refractivity contribution in [2.75, 3.05) is 5.32 Å². The molecule has 2 amide bonds. The summed E-state index contributed by atoms with van der Waals surface area (Å²) in [6.07, 6.45) is 0.392. The summed E-state index contributed by atoms with van der Waals surface area (Å²) in [5, 5.41) is 9.67. The number of carbonyl (C=O) groups excluding carboxylic acids is 1. The summed E-state index contributed by atoms with van der Waals surface area (Å²) in [5.41, 5.74) is 1.29. The van der Waals surface area contributed by atoms with Crippen molar-refractivity contribution in [3.63, 3.8) is 0 Å². The van der Waals surface area contributed by atoms with E-state index >= 15 is 0 Å². The molecular formula is C21H19F4N5O2. The number of benzene rings is 1. The number of aromatic nitrogens is 3. The zero-order chi connectivity index (χ0) is 22.9. The van der Waals surface area contributed by atoms with Crippen LogP contribution in [0.3, 0.4) is 0 Å². The highest BCUT2D eigenvalue weighted by molar-refractivity contribution is 5.89. The van der Waals surface area contributed by atoms with E-state index < -0.39 is 23.6 Å². The molecule has 1 unspecified atom stereocenters. The Morgan fingerprint density at radius 3 is 2.72 bits per heavy atom. The van der Waals surface area contributed by atoms with E-state index in [4.69, 9.17) is 4.74 Å². The number of hydrogen-bond donors (Lipinski definition) is 2. The first-order valence-corrected chi connectivity index (χ1v) is 9.79. The van der Waals surface area contributed by atoms with Crippen molar-refractivity contribution in [2.45, 2.75) is 31.5 Å². The molecule has 11 heteroatoms. The van der Waals surface area contributed by atoms with Gasteiger partial charge in [-0.15, -0.1) is 0 Å². The Morgan fingerprint density at radius 2 is 2.03 bits per heavy atom. The van der Waals surface area contributed by atoms with Crippen LogP contribution >= 0.6 is 0 Å². The van der Waals surface area contributed by atoms with Crippen molar-refractivity contribution in [3.05, 3.63) is 65.4 Å². The van der Waals surface area contributed by atoms with Gasteiger partial charge in [0.1, 0.15) is 0 Å². The Kier molecular flexibility index (Phi) is 5.72. The minimum Gasteiger partial charge on any atom is -0.436 e. The highest BCUT2D eigenvalue weighted by Crippen LogP contribution is 2.31. The van der Waals surface area contributed by atoms with E-state index in [1.54, 1.807) is 10.9 Å². The molecule has 168 valence electrons. The second-order valence-electron chi connectivity index (χ2n) is 7.34. The van der Waals surface area contributed by atoms with E-state index in [-0.39, 0.29) is 23.4 Å². The number of nitrogens with one attached hydrogen (secondary N) is 2. The Balaban J connectivity index is 1.39. The molecule has 1 atom stereocenters. The summed E-state index contributed by atoms with van der Waals surface area (Å²) in [6.45, 7) is 0. The molecule has 7 nitrogen and oxygen atoms in total. The molecule has 0 saturated heterocycles. The van der Waals surface area contributed by atoms with Gasteiger partial charge < -0.3 is 15.4 Å². The predicted molar refractivity (Wildman–Crippen MR) is 107 cm³/mol.